The molecule has 0 aliphatic heterocycles. The average molecular weight is 336 g/mol. The van der Waals surface area contributed by atoms with E-state index in [9.17, 15) is 8.42 Å². The van der Waals surface area contributed by atoms with Gasteiger partial charge in [-0.1, -0.05) is 26.8 Å². The summed E-state index contributed by atoms with van der Waals surface area (Å²) in [5.41, 5.74) is 0.484. The highest BCUT2D eigenvalue weighted by Crippen LogP contribution is 2.27. The predicted molar refractivity (Wildman–Crippen MR) is 91.7 cm³/mol. The van der Waals surface area contributed by atoms with E-state index in [1.54, 1.807) is 36.5 Å². The van der Waals surface area contributed by atoms with Gasteiger partial charge in [-0.05, 0) is 36.1 Å². The van der Waals surface area contributed by atoms with E-state index in [1.165, 1.54) is 4.31 Å². The molecule has 0 saturated heterocycles. The first-order valence-electron chi connectivity index (χ1n) is 7.70. The number of benzene rings is 1. The number of hydrogen-bond donors (Lipinski definition) is 1. The molecule has 1 aromatic heterocycles. The number of hydrogen-bond acceptors (Lipinski definition) is 4. The van der Waals surface area contributed by atoms with E-state index in [2.05, 4.69) is 4.98 Å². The molecule has 0 saturated carbocycles. The van der Waals surface area contributed by atoms with Crippen molar-refractivity contribution in [3.05, 3.63) is 36.5 Å². The summed E-state index contributed by atoms with van der Waals surface area (Å²) in [6, 6.07) is 8.65. The topological polar surface area (TPSA) is 70.5 Å². The lowest BCUT2D eigenvalue weighted by molar-refractivity contribution is 0.241. The number of pyridine rings is 1. The summed E-state index contributed by atoms with van der Waals surface area (Å²) >= 11 is 0. The first-order valence-corrected chi connectivity index (χ1v) is 9.14. The third kappa shape index (κ3) is 4.28. The van der Waals surface area contributed by atoms with E-state index in [0.717, 1.165) is 0 Å². The third-order valence-corrected chi connectivity index (χ3v) is 5.34. The summed E-state index contributed by atoms with van der Waals surface area (Å²) in [5.74, 6) is 0. The Morgan fingerprint density at radius 1 is 1.17 bits per heavy atom. The van der Waals surface area contributed by atoms with Crippen LogP contribution < -0.4 is 0 Å². The summed E-state index contributed by atoms with van der Waals surface area (Å²) in [6.45, 7) is 6.66. The Bertz CT molecular complexity index is 761. The largest absolute Gasteiger partial charge is 0.396 e. The Labute approximate surface area is 138 Å². The molecule has 0 aliphatic carbocycles. The Hall–Kier alpha value is -1.50. The molecule has 0 bridgehead atoms. The molecule has 1 N–H and O–H groups in total. The summed E-state index contributed by atoms with van der Waals surface area (Å²) in [5, 5.41) is 9.71. The Kier molecular flexibility index (Phi) is 5.39. The van der Waals surface area contributed by atoms with Crippen molar-refractivity contribution in [2.75, 3.05) is 19.7 Å². The molecule has 1 aromatic carbocycles. The van der Waals surface area contributed by atoms with Crippen LogP contribution >= 0.6 is 0 Å². The van der Waals surface area contributed by atoms with Gasteiger partial charge in [0.05, 0.1) is 10.4 Å². The highest BCUT2D eigenvalue weighted by Gasteiger charge is 2.29. The van der Waals surface area contributed by atoms with Crippen LogP contribution in [0.2, 0.25) is 0 Å². The van der Waals surface area contributed by atoms with Crippen LogP contribution in [0.4, 0.5) is 0 Å². The number of fused-ring (bicyclic) bond motifs is 1. The Balaban J connectivity index is 2.51. The average Bonchev–Trinajstić information content (AvgIpc) is 2.49. The molecule has 2 rings (SSSR count). The van der Waals surface area contributed by atoms with Gasteiger partial charge in [0.1, 0.15) is 0 Å². The Morgan fingerprint density at radius 3 is 2.57 bits per heavy atom. The zero-order valence-electron chi connectivity index (χ0n) is 13.9. The zero-order valence-corrected chi connectivity index (χ0v) is 14.7. The molecule has 6 heteroatoms. The fourth-order valence-corrected chi connectivity index (χ4v) is 4.41. The van der Waals surface area contributed by atoms with Gasteiger partial charge in [0.15, 0.2) is 0 Å². The lowest BCUT2D eigenvalue weighted by atomic mass is 9.97. The highest BCUT2D eigenvalue weighted by molar-refractivity contribution is 7.89. The van der Waals surface area contributed by atoms with E-state index in [0.29, 0.717) is 30.4 Å². The highest BCUT2D eigenvalue weighted by atomic mass is 32.2. The van der Waals surface area contributed by atoms with Crippen molar-refractivity contribution in [2.24, 2.45) is 5.41 Å². The molecule has 1 heterocycles. The summed E-state index contributed by atoms with van der Waals surface area (Å²) < 4.78 is 27.8. The molecule has 5 nitrogen and oxygen atoms in total. The van der Waals surface area contributed by atoms with Crippen LogP contribution in [0, 0.1) is 5.41 Å². The Morgan fingerprint density at radius 2 is 1.91 bits per heavy atom. The summed E-state index contributed by atoms with van der Waals surface area (Å²) in [6.07, 6.45) is 2.07. The first-order chi connectivity index (χ1) is 10.8. The van der Waals surface area contributed by atoms with Crippen LogP contribution in [-0.4, -0.2) is 42.5 Å². The molecule has 0 atom stereocenters. The van der Waals surface area contributed by atoms with E-state index in [-0.39, 0.29) is 16.9 Å². The van der Waals surface area contributed by atoms with E-state index in [4.69, 9.17) is 5.11 Å². The molecular weight excluding hydrogens is 312 g/mol. The van der Waals surface area contributed by atoms with Crippen LogP contribution in [0.25, 0.3) is 10.9 Å². The molecule has 0 unspecified atom stereocenters. The molecule has 0 amide bonds. The maximum Gasteiger partial charge on any atom is 0.243 e. The number of aromatic nitrogens is 1. The molecule has 0 radical (unpaired) electrons. The van der Waals surface area contributed by atoms with Gasteiger partial charge in [-0.15, -0.1) is 0 Å². The maximum atomic E-state index is 13.1. The second-order valence-corrected chi connectivity index (χ2v) is 8.71. The normalized spacial score (nSPS) is 12.9. The number of rotatable bonds is 6. The van der Waals surface area contributed by atoms with Gasteiger partial charge in [-0.25, -0.2) is 8.42 Å². The monoisotopic (exact) mass is 336 g/mol. The van der Waals surface area contributed by atoms with Crippen molar-refractivity contribution in [1.29, 1.82) is 0 Å². The first kappa shape index (κ1) is 17.8. The molecule has 23 heavy (non-hydrogen) atoms. The van der Waals surface area contributed by atoms with Crippen LogP contribution in [0.15, 0.2) is 41.4 Å². The second kappa shape index (κ2) is 6.95. The molecular formula is C17H24N2O3S. The zero-order chi connectivity index (χ0) is 17.1. The van der Waals surface area contributed by atoms with E-state index in [1.807, 2.05) is 20.8 Å². The molecule has 0 fully saturated rings. The van der Waals surface area contributed by atoms with E-state index >= 15 is 0 Å². The van der Waals surface area contributed by atoms with Crippen molar-refractivity contribution in [2.45, 2.75) is 32.1 Å². The second-order valence-electron chi connectivity index (χ2n) is 6.80. The fourth-order valence-electron chi connectivity index (χ4n) is 2.50. The van der Waals surface area contributed by atoms with Gasteiger partial charge in [0.25, 0.3) is 0 Å². The van der Waals surface area contributed by atoms with Gasteiger partial charge in [0.2, 0.25) is 10.0 Å². The van der Waals surface area contributed by atoms with Crippen LogP contribution in [0.3, 0.4) is 0 Å². The minimum absolute atomic E-state index is 0.0345. The van der Waals surface area contributed by atoms with Crippen molar-refractivity contribution in [3.63, 3.8) is 0 Å². The minimum atomic E-state index is -3.65. The molecule has 126 valence electrons. The van der Waals surface area contributed by atoms with Crippen LogP contribution in [-0.2, 0) is 10.0 Å². The van der Waals surface area contributed by atoms with Gasteiger partial charge >= 0.3 is 0 Å². The fraction of sp³-hybridized carbons (Fsp3) is 0.471. The van der Waals surface area contributed by atoms with Crippen molar-refractivity contribution >= 4 is 20.9 Å². The van der Waals surface area contributed by atoms with Gasteiger partial charge in [0, 0.05) is 31.3 Å². The van der Waals surface area contributed by atoms with Crippen molar-refractivity contribution < 1.29 is 13.5 Å². The van der Waals surface area contributed by atoms with E-state index < -0.39 is 10.0 Å². The van der Waals surface area contributed by atoms with Gasteiger partial charge in [-0.2, -0.15) is 4.31 Å². The number of aliphatic hydroxyl groups excluding tert-OH is 1. The molecule has 0 aliphatic rings. The number of sulfonamides is 1. The third-order valence-electron chi connectivity index (χ3n) is 3.44. The van der Waals surface area contributed by atoms with Crippen LogP contribution in [0.1, 0.15) is 27.2 Å². The van der Waals surface area contributed by atoms with Crippen molar-refractivity contribution in [3.8, 4) is 0 Å². The molecule has 2 aromatic rings. The predicted octanol–water partition coefficient (Wildman–Crippen LogP) is 2.65. The van der Waals surface area contributed by atoms with Crippen molar-refractivity contribution in [1.82, 2.24) is 9.29 Å². The smallest absolute Gasteiger partial charge is 0.243 e. The number of aliphatic hydroxyl groups is 1. The molecule has 0 spiro atoms. The van der Waals surface area contributed by atoms with Gasteiger partial charge < -0.3 is 5.11 Å². The summed E-state index contributed by atoms with van der Waals surface area (Å²) in [4.78, 5) is 4.50. The van der Waals surface area contributed by atoms with Gasteiger partial charge in [-0.3, -0.25) is 4.98 Å². The quantitative estimate of drug-likeness (QED) is 0.880. The number of nitrogens with zero attached hydrogens (tertiary/aromatic N) is 2. The standard InChI is InChI=1S/C17H24N2O3S/c1-17(2,3)13-19(11-6-12-20)23(21,22)16-9-4-8-15-14(16)7-5-10-18-15/h4-5,7-10,20H,6,11-13H2,1-3H3. The van der Waals surface area contributed by atoms with Crippen LogP contribution in [0.5, 0.6) is 0 Å². The summed E-state index contributed by atoms with van der Waals surface area (Å²) in [7, 11) is -3.65. The maximum absolute atomic E-state index is 13.1. The lowest BCUT2D eigenvalue weighted by Gasteiger charge is -2.29. The lowest BCUT2D eigenvalue weighted by Crippen LogP contribution is -2.38. The minimum Gasteiger partial charge on any atom is -0.396 e. The SMILES string of the molecule is CC(C)(C)CN(CCCO)S(=O)(=O)c1cccc2ncccc12.